The van der Waals surface area contributed by atoms with Crippen molar-refractivity contribution >= 4 is 11.8 Å². The third kappa shape index (κ3) is 3.46. The Morgan fingerprint density at radius 2 is 1.67 bits per heavy atom. The second-order valence-corrected chi connectivity index (χ2v) is 9.58. The minimum Gasteiger partial charge on any atom is -0.341 e. The van der Waals surface area contributed by atoms with Crippen molar-refractivity contribution in [3.63, 3.8) is 0 Å². The van der Waals surface area contributed by atoms with Crippen molar-refractivity contribution in [2.75, 3.05) is 26.2 Å². The maximum Gasteiger partial charge on any atom is 0.263 e. The van der Waals surface area contributed by atoms with Crippen LogP contribution in [0.5, 0.6) is 0 Å². The molecule has 30 heavy (non-hydrogen) atoms. The third-order valence-corrected chi connectivity index (χ3v) is 7.56. The zero-order valence-corrected chi connectivity index (χ0v) is 17.4. The van der Waals surface area contributed by atoms with Gasteiger partial charge in [0.1, 0.15) is 11.7 Å². The molecular weight excluding hydrogens is 385 g/mol. The van der Waals surface area contributed by atoms with Crippen LogP contribution in [0, 0.1) is 11.8 Å². The van der Waals surface area contributed by atoms with Crippen LogP contribution in [0.3, 0.4) is 0 Å². The molecule has 0 aromatic carbocycles. The second-order valence-electron chi connectivity index (χ2n) is 9.58. The Labute approximate surface area is 176 Å². The van der Waals surface area contributed by atoms with E-state index in [4.69, 9.17) is 0 Å². The molecule has 2 saturated heterocycles. The van der Waals surface area contributed by atoms with Crippen LogP contribution in [0.1, 0.15) is 66.9 Å². The van der Waals surface area contributed by atoms with E-state index in [1.165, 1.54) is 0 Å². The highest BCUT2D eigenvalue weighted by Crippen LogP contribution is 2.37. The summed E-state index contributed by atoms with van der Waals surface area (Å²) >= 11 is 0. The molecule has 4 heterocycles. The number of hydrogen-bond acceptors (Lipinski definition) is 3. The van der Waals surface area contributed by atoms with Crippen LogP contribution in [-0.2, 0) is 11.3 Å². The summed E-state index contributed by atoms with van der Waals surface area (Å²) in [5.41, 5.74) is 0.902. The first-order valence-electron chi connectivity index (χ1n) is 11.5. The minimum absolute atomic E-state index is 0.155. The predicted octanol–water partition coefficient (Wildman–Crippen LogP) is 2.56. The SMILES string of the molecule is O=C(c1ccc2n(c1=O)C[C@H]1C[C@@H]2CN(C(=O)C2CCCC2)C1)N1CCC(F)CC1. The first-order chi connectivity index (χ1) is 14.5. The van der Waals surface area contributed by atoms with E-state index in [9.17, 15) is 18.8 Å². The lowest BCUT2D eigenvalue weighted by molar-refractivity contribution is -0.138. The van der Waals surface area contributed by atoms with Gasteiger partial charge in [-0.25, -0.2) is 4.39 Å². The molecule has 1 saturated carbocycles. The van der Waals surface area contributed by atoms with Gasteiger partial charge in [0.15, 0.2) is 0 Å². The molecule has 2 bridgehead atoms. The average Bonchev–Trinajstić information content (AvgIpc) is 3.29. The highest BCUT2D eigenvalue weighted by Gasteiger charge is 2.39. The van der Waals surface area contributed by atoms with Crippen LogP contribution in [0.4, 0.5) is 4.39 Å². The number of halogens is 1. The number of nitrogens with zero attached hydrogens (tertiary/aromatic N) is 3. The van der Waals surface area contributed by atoms with E-state index in [1.807, 2.05) is 11.0 Å². The van der Waals surface area contributed by atoms with Gasteiger partial charge in [-0.3, -0.25) is 14.4 Å². The first kappa shape index (κ1) is 19.8. The molecule has 162 valence electrons. The molecule has 2 amide bonds. The van der Waals surface area contributed by atoms with Crippen molar-refractivity contribution in [1.82, 2.24) is 14.4 Å². The highest BCUT2D eigenvalue weighted by atomic mass is 19.1. The number of likely N-dealkylation sites (tertiary alicyclic amines) is 2. The van der Waals surface area contributed by atoms with Gasteiger partial charge in [0, 0.05) is 50.3 Å². The molecule has 3 fully saturated rings. The molecule has 0 unspecified atom stereocenters. The van der Waals surface area contributed by atoms with E-state index in [-0.39, 0.29) is 34.8 Å². The van der Waals surface area contributed by atoms with Crippen molar-refractivity contribution in [2.45, 2.75) is 63.6 Å². The van der Waals surface area contributed by atoms with Gasteiger partial charge in [0.05, 0.1) is 0 Å². The first-order valence-corrected chi connectivity index (χ1v) is 11.5. The minimum atomic E-state index is -0.854. The van der Waals surface area contributed by atoms with Crippen molar-refractivity contribution in [3.8, 4) is 0 Å². The molecule has 1 aromatic heterocycles. The Bertz CT molecular complexity index is 899. The summed E-state index contributed by atoms with van der Waals surface area (Å²) in [6.07, 6.45) is 5.13. The zero-order chi connectivity index (χ0) is 20.8. The number of aromatic nitrogens is 1. The van der Waals surface area contributed by atoms with Crippen molar-refractivity contribution in [3.05, 3.63) is 33.7 Å². The van der Waals surface area contributed by atoms with Crippen LogP contribution in [0.15, 0.2) is 16.9 Å². The number of piperidine rings is 2. The molecule has 1 aromatic rings. The van der Waals surface area contributed by atoms with Gasteiger partial charge >= 0.3 is 0 Å². The molecular formula is C23H30FN3O3. The lowest BCUT2D eigenvalue weighted by atomic mass is 9.82. The third-order valence-electron chi connectivity index (χ3n) is 7.56. The van der Waals surface area contributed by atoms with Gasteiger partial charge in [-0.1, -0.05) is 12.8 Å². The topological polar surface area (TPSA) is 62.6 Å². The fourth-order valence-corrected chi connectivity index (χ4v) is 5.94. The van der Waals surface area contributed by atoms with E-state index in [1.54, 1.807) is 15.5 Å². The number of pyridine rings is 1. The van der Waals surface area contributed by atoms with E-state index in [2.05, 4.69) is 0 Å². The van der Waals surface area contributed by atoms with Gasteiger partial charge < -0.3 is 14.4 Å². The normalized spacial score (nSPS) is 27.2. The van der Waals surface area contributed by atoms with Crippen molar-refractivity contribution < 1.29 is 14.0 Å². The molecule has 2 atom stereocenters. The number of fused-ring (bicyclic) bond motifs is 4. The van der Waals surface area contributed by atoms with E-state index in [0.717, 1.165) is 37.8 Å². The lowest BCUT2D eigenvalue weighted by Crippen LogP contribution is -2.51. The largest absolute Gasteiger partial charge is 0.341 e. The molecule has 0 N–H and O–H groups in total. The van der Waals surface area contributed by atoms with E-state index >= 15 is 0 Å². The molecule has 0 radical (unpaired) electrons. The molecule has 4 aliphatic rings. The summed E-state index contributed by atoms with van der Waals surface area (Å²) in [4.78, 5) is 42.6. The molecule has 7 heteroatoms. The summed E-state index contributed by atoms with van der Waals surface area (Å²) < 4.78 is 15.2. The fraction of sp³-hybridized carbons (Fsp3) is 0.696. The van der Waals surface area contributed by atoms with Crippen LogP contribution >= 0.6 is 0 Å². The standard InChI is InChI=1S/C23H30FN3O3/c24-18-7-9-25(10-8-18)22(29)19-5-6-20-17-11-15(13-27(20)23(19)30)12-26(14-17)21(28)16-3-1-2-4-16/h5-6,15-18H,1-4,7-14H2/t15-,17+/m0/s1. The van der Waals surface area contributed by atoms with Crippen LogP contribution < -0.4 is 5.56 Å². The van der Waals surface area contributed by atoms with Crippen molar-refractivity contribution in [2.24, 2.45) is 11.8 Å². The van der Waals surface area contributed by atoms with Crippen molar-refractivity contribution in [1.29, 1.82) is 0 Å². The quantitative estimate of drug-likeness (QED) is 0.746. The van der Waals surface area contributed by atoms with Gasteiger partial charge in [0.2, 0.25) is 5.91 Å². The number of amides is 2. The number of carbonyl (C=O) groups excluding carboxylic acids is 2. The Morgan fingerprint density at radius 1 is 0.933 bits per heavy atom. The molecule has 5 rings (SSSR count). The van der Waals surface area contributed by atoms with Crippen LogP contribution in [-0.4, -0.2) is 58.5 Å². The Morgan fingerprint density at radius 3 is 2.40 bits per heavy atom. The number of rotatable bonds is 2. The van der Waals surface area contributed by atoms with E-state index < -0.39 is 6.17 Å². The molecule has 1 aliphatic carbocycles. The Balaban J connectivity index is 1.36. The van der Waals surface area contributed by atoms with Gasteiger partial charge in [-0.15, -0.1) is 0 Å². The summed E-state index contributed by atoms with van der Waals surface area (Å²) in [7, 11) is 0. The van der Waals surface area contributed by atoms with Crippen LogP contribution in [0.2, 0.25) is 0 Å². The number of carbonyl (C=O) groups is 2. The van der Waals surface area contributed by atoms with Gasteiger partial charge in [0.25, 0.3) is 11.5 Å². The Kier molecular flexibility index (Phi) is 5.15. The summed E-state index contributed by atoms with van der Waals surface area (Å²) in [6, 6.07) is 3.55. The molecule has 3 aliphatic heterocycles. The smallest absolute Gasteiger partial charge is 0.263 e. The number of hydrogen-bond donors (Lipinski definition) is 0. The summed E-state index contributed by atoms with van der Waals surface area (Å²) in [5, 5.41) is 0. The van der Waals surface area contributed by atoms with Gasteiger partial charge in [-0.2, -0.15) is 0 Å². The zero-order valence-electron chi connectivity index (χ0n) is 17.4. The lowest BCUT2D eigenvalue weighted by Gasteiger charge is -2.43. The molecule has 0 spiro atoms. The summed E-state index contributed by atoms with van der Waals surface area (Å²) in [5.74, 6) is 0.602. The second kappa shape index (κ2) is 7.82. The van der Waals surface area contributed by atoms with Crippen LogP contribution in [0.25, 0.3) is 0 Å². The maximum atomic E-state index is 13.4. The highest BCUT2D eigenvalue weighted by molar-refractivity contribution is 5.94. The maximum absolute atomic E-state index is 13.4. The Hall–Kier alpha value is -2.18. The summed E-state index contributed by atoms with van der Waals surface area (Å²) in [6.45, 7) is 2.67. The number of alkyl halides is 1. The monoisotopic (exact) mass is 415 g/mol. The predicted molar refractivity (Wildman–Crippen MR) is 110 cm³/mol. The molecule has 6 nitrogen and oxygen atoms in total. The average molecular weight is 416 g/mol. The fourth-order valence-electron chi connectivity index (χ4n) is 5.94. The van der Waals surface area contributed by atoms with E-state index in [0.29, 0.717) is 51.5 Å². The van der Waals surface area contributed by atoms with Gasteiger partial charge in [-0.05, 0) is 50.2 Å².